The van der Waals surface area contributed by atoms with Crippen molar-refractivity contribution in [2.45, 2.75) is 56.9 Å². The van der Waals surface area contributed by atoms with Gasteiger partial charge in [0, 0.05) is 11.3 Å². The summed E-state index contributed by atoms with van der Waals surface area (Å²) < 4.78 is 16.2. The first-order chi connectivity index (χ1) is 17.9. The molecule has 1 fully saturated rings. The number of esters is 1. The second kappa shape index (κ2) is 12.1. The van der Waals surface area contributed by atoms with E-state index in [2.05, 4.69) is 10.1 Å². The summed E-state index contributed by atoms with van der Waals surface area (Å²) in [6.07, 6.45) is 5.35. The number of ether oxygens (including phenoxy) is 3. The summed E-state index contributed by atoms with van der Waals surface area (Å²) in [5.41, 5.74) is 2.98. The summed E-state index contributed by atoms with van der Waals surface area (Å²) >= 11 is 1.26. The van der Waals surface area contributed by atoms with Gasteiger partial charge in [0.1, 0.15) is 0 Å². The van der Waals surface area contributed by atoms with Gasteiger partial charge in [0.25, 0.3) is 0 Å². The number of rotatable bonds is 8. The molecule has 4 rings (SSSR count). The molecule has 196 valence electrons. The molecule has 1 aliphatic carbocycles. The first-order valence-corrected chi connectivity index (χ1v) is 13.2. The third-order valence-electron chi connectivity index (χ3n) is 6.33. The van der Waals surface area contributed by atoms with Crippen LogP contribution in [0.2, 0.25) is 0 Å². The van der Waals surface area contributed by atoms with Crippen molar-refractivity contribution in [3.8, 4) is 11.5 Å². The molecule has 2 amide bonds. The first kappa shape index (κ1) is 26.5. The molecule has 10 heteroatoms. The number of anilines is 1. The molecule has 37 heavy (non-hydrogen) atoms. The van der Waals surface area contributed by atoms with Gasteiger partial charge in [-0.3, -0.25) is 9.59 Å². The Labute approximate surface area is 220 Å². The van der Waals surface area contributed by atoms with Crippen molar-refractivity contribution < 1.29 is 28.6 Å². The van der Waals surface area contributed by atoms with E-state index in [1.807, 2.05) is 25.1 Å². The van der Waals surface area contributed by atoms with Crippen LogP contribution in [0, 0.1) is 0 Å². The molecule has 2 aliphatic rings. The Morgan fingerprint density at radius 1 is 1.08 bits per heavy atom. The summed E-state index contributed by atoms with van der Waals surface area (Å²) in [5.74, 6) is -0.446. The van der Waals surface area contributed by atoms with E-state index in [0.717, 1.165) is 43.2 Å². The van der Waals surface area contributed by atoms with E-state index < -0.39 is 11.9 Å². The van der Waals surface area contributed by atoms with Gasteiger partial charge in [0.15, 0.2) is 11.5 Å². The van der Waals surface area contributed by atoms with Crippen LogP contribution in [0.15, 0.2) is 47.6 Å². The molecular weight excluding hydrogens is 494 g/mol. The van der Waals surface area contributed by atoms with Crippen LogP contribution in [0.25, 0.3) is 0 Å². The SMILES string of the molecule is CCC1SC(=O)N(Cc2ccc(NC(=O)C(=O)OC)cc2)N=C1c1ccc(OC)c(OC2CCCC2)c1. The molecule has 2 aromatic carbocycles. The van der Waals surface area contributed by atoms with E-state index in [4.69, 9.17) is 14.6 Å². The summed E-state index contributed by atoms with van der Waals surface area (Å²) in [6, 6.07) is 12.7. The molecule has 0 aromatic heterocycles. The number of hydrazone groups is 1. The van der Waals surface area contributed by atoms with Crippen molar-refractivity contribution in [3.63, 3.8) is 0 Å². The van der Waals surface area contributed by atoms with Crippen LogP contribution in [-0.2, 0) is 20.9 Å². The molecule has 0 radical (unpaired) electrons. The van der Waals surface area contributed by atoms with Gasteiger partial charge in [-0.05, 0) is 68.0 Å². The number of methoxy groups -OCH3 is 2. The highest BCUT2D eigenvalue weighted by Crippen LogP contribution is 2.36. The van der Waals surface area contributed by atoms with Gasteiger partial charge in [-0.1, -0.05) is 30.8 Å². The minimum absolute atomic E-state index is 0.0765. The number of nitrogens with zero attached hydrogens (tertiary/aromatic N) is 2. The van der Waals surface area contributed by atoms with Gasteiger partial charge < -0.3 is 19.5 Å². The minimum Gasteiger partial charge on any atom is -0.493 e. The van der Waals surface area contributed by atoms with Gasteiger partial charge >= 0.3 is 17.1 Å². The van der Waals surface area contributed by atoms with E-state index in [0.29, 0.717) is 17.2 Å². The van der Waals surface area contributed by atoms with E-state index >= 15 is 0 Å². The number of hydrogen-bond donors (Lipinski definition) is 1. The van der Waals surface area contributed by atoms with Gasteiger partial charge in [-0.2, -0.15) is 5.10 Å². The molecule has 1 aliphatic heterocycles. The molecule has 1 heterocycles. The predicted octanol–water partition coefficient (Wildman–Crippen LogP) is 4.98. The Bertz CT molecular complexity index is 1180. The maximum Gasteiger partial charge on any atom is 0.396 e. The second-order valence-corrected chi connectivity index (χ2v) is 10.0. The fraction of sp³-hybridized carbons (Fsp3) is 0.407. The van der Waals surface area contributed by atoms with Gasteiger partial charge in [0.05, 0.1) is 37.8 Å². The highest BCUT2D eigenvalue weighted by molar-refractivity contribution is 8.14. The Morgan fingerprint density at radius 2 is 1.81 bits per heavy atom. The Hall–Kier alpha value is -3.53. The minimum atomic E-state index is -0.970. The monoisotopic (exact) mass is 525 g/mol. The number of carbonyl (C=O) groups excluding carboxylic acids is 3. The summed E-state index contributed by atoms with van der Waals surface area (Å²) in [4.78, 5) is 35.9. The molecule has 1 N–H and O–H groups in total. The molecule has 2 aromatic rings. The van der Waals surface area contributed by atoms with Crippen molar-refractivity contribution in [1.29, 1.82) is 0 Å². The highest BCUT2D eigenvalue weighted by Gasteiger charge is 2.31. The summed E-state index contributed by atoms with van der Waals surface area (Å²) in [7, 11) is 2.78. The second-order valence-electron chi connectivity index (χ2n) is 8.86. The van der Waals surface area contributed by atoms with Crippen LogP contribution < -0.4 is 14.8 Å². The third kappa shape index (κ3) is 6.43. The predicted molar refractivity (Wildman–Crippen MR) is 142 cm³/mol. The van der Waals surface area contributed by atoms with Crippen molar-refractivity contribution in [2.75, 3.05) is 19.5 Å². The van der Waals surface area contributed by atoms with Crippen LogP contribution in [0.1, 0.15) is 50.2 Å². The summed E-state index contributed by atoms with van der Waals surface area (Å²) in [5, 5.41) is 8.48. The van der Waals surface area contributed by atoms with Crippen LogP contribution >= 0.6 is 11.8 Å². The molecule has 0 spiro atoms. The molecule has 1 saturated carbocycles. The Balaban J connectivity index is 1.54. The Morgan fingerprint density at radius 3 is 2.46 bits per heavy atom. The molecule has 1 unspecified atom stereocenters. The zero-order valence-electron chi connectivity index (χ0n) is 21.2. The van der Waals surface area contributed by atoms with Gasteiger partial charge in [-0.15, -0.1) is 0 Å². The number of hydrogen-bond acceptors (Lipinski definition) is 8. The quantitative estimate of drug-likeness (QED) is 0.383. The lowest BCUT2D eigenvalue weighted by Gasteiger charge is -2.29. The lowest BCUT2D eigenvalue weighted by molar-refractivity contribution is -0.150. The molecule has 0 saturated heterocycles. The lowest BCUT2D eigenvalue weighted by Crippen LogP contribution is -2.34. The number of carbonyl (C=O) groups is 3. The number of benzene rings is 2. The topological polar surface area (TPSA) is 107 Å². The molecule has 9 nitrogen and oxygen atoms in total. The zero-order valence-corrected chi connectivity index (χ0v) is 22.0. The van der Waals surface area contributed by atoms with Crippen LogP contribution in [-0.4, -0.2) is 53.4 Å². The van der Waals surface area contributed by atoms with E-state index in [-0.39, 0.29) is 23.1 Å². The van der Waals surface area contributed by atoms with Gasteiger partial charge in [-0.25, -0.2) is 9.80 Å². The average molecular weight is 526 g/mol. The normalized spacial score (nSPS) is 17.8. The Kier molecular flexibility index (Phi) is 8.70. The number of amides is 2. The maximum atomic E-state index is 12.9. The number of thioether (sulfide) groups is 1. The van der Waals surface area contributed by atoms with Gasteiger partial charge in [0.2, 0.25) is 0 Å². The summed E-state index contributed by atoms with van der Waals surface area (Å²) in [6.45, 7) is 2.30. The molecule has 1 atom stereocenters. The van der Waals surface area contributed by atoms with Crippen molar-refractivity contribution in [1.82, 2.24) is 5.01 Å². The first-order valence-electron chi connectivity index (χ1n) is 12.3. The largest absolute Gasteiger partial charge is 0.493 e. The molecular formula is C27H31N3O6S. The molecule has 0 bridgehead atoms. The van der Waals surface area contributed by atoms with E-state index in [1.165, 1.54) is 29.6 Å². The highest BCUT2D eigenvalue weighted by atomic mass is 32.2. The lowest BCUT2D eigenvalue weighted by atomic mass is 10.0. The smallest absolute Gasteiger partial charge is 0.396 e. The van der Waals surface area contributed by atoms with Crippen LogP contribution in [0.3, 0.4) is 0 Å². The van der Waals surface area contributed by atoms with E-state index in [9.17, 15) is 14.4 Å². The fourth-order valence-corrected chi connectivity index (χ4v) is 5.28. The van der Waals surface area contributed by atoms with Crippen LogP contribution in [0.5, 0.6) is 11.5 Å². The maximum absolute atomic E-state index is 12.9. The zero-order chi connectivity index (χ0) is 26.4. The number of nitrogens with one attached hydrogen (secondary N) is 1. The fourth-order valence-electron chi connectivity index (χ4n) is 4.35. The van der Waals surface area contributed by atoms with Crippen molar-refractivity contribution in [3.05, 3.63) is 53.6 Å². The average Bonchev–Trinajstić information content (AvgIpc) is 3.43. The van der Waals surface area contributed by atoms with Crippen LogP contribution in [0.4, 0.5) is 10.5 Å². The third-order valence-corrected chi connectivity index (χ3v) is 7.58. The van der Waals surface area contributed by atoms with E-state index in [1.54, 1.807) is 31.4 Å². The van der Waals surface area contributed by atoms with Crippen molar-refractivity contribution in [2.24, 2.45) is 5.10 Å². The standard InChI is InChI=1S/C27H31N3O6S/c1-4-23-24(18-11-14-21(34-2)22(15-18)36-20-7-5-6-8-20)29-30(27(33)37-23)16-17-9-12-19(13-10-17)28-25(31)26(32)35-3/h9-15,20,23H,4-8,16H2,1-3H3,(H,28,31). The van der Waals surface area contributed by atoms with Crippen molar-refractivity contribution >= 4 is 40.3 Å².